The van der Waals surface area contributed by atoms with Gasteiger partial charge in [-0.3, -0.25) is 4.79 Å². The monoisotopic (exact) mass is 276 g/mol. The zero-order chi connectivity index (χ0) is 12.9. The van der Waals surface area contributed by atoms with Gasteiger partial charge < -0.3 is 9.80 Å². The fraction of sp³-hybridized carbons (Fsp3) is 0.667. The maximum atomic E-state index is 12.3. The van der Waals surface area contributed by atoms with Gasteiger partial charge in [0.1, 0.15) is 0 Å². The first kappa shape index (κ1) is 11.9. The Kier molecular flexibility index (Phi) is 2.71. The maximum absolute atomic E-state index is 12.3. The highest BCUT2D eigenvalue weighted by molar-refractivity contribution is 7.08. The Labute approximate surface area is 118 Å². The number of anilines is 1. The van der Waals surface area contributed by atoms with Gasteiger partial charge in [0.2, 0.25) is 5.91 Å². The largest absolute Gasteiger partial charge is 0.311 e. The zero-order valence-corrected chi connectivity index (χ0v) is 12.0. The van der Waals surface area contributed by atoms with E-state index in [2.05, 4.69) is 21.7 Å². The number of likely N-dealkylation sites (tertiary alicyclic amines) is 1. The Morgan fingerprint density at radius 2 is 2.26 bits per heavy atom. The van der Waals surface area contributed by atoms with Gasteiger partial charge in [-0.2, -0.15) is 11.3 Å². The minimum atomic E-state index is 0.244. The summed E-state index contributed by atoms with van der Waals surface area (Å²) in [7, 11) is 0. The van der Waals surface area contributed by atoms with Gasteiger partial charge >= 0.3 is 0 Å². The highest BCUT2D eigenvalue weighted by atomic mass is 32.1. The van der Waals surface area contributed by atoms with E-state index in [4.69, 9.17) is 0 Å². The predicted octanol–water partition coefficient (Wildman–Crippen LogP) is 2.59. The molecule has 3 fully saturated rings. The molecule has 2 saturated heterocycles. The molecule has 1 aromatic rings. The van der Waals surface area contributed by atoms with Crippen LogP contribution in [-0.4, -0.2) is 37.0 Å². The van der Waals surface area contributed by atoms with E-state index < -0.39 is 0 Å². The second-order valence-electron chi connectivity index (χ2n) is 6.57. The average molecular weight is 276 g/mol. The third-order valence-corrected chi connectivity index (χ3v) is 5.54. The summed E-state index contributed by atoms with van der Waals surface area (Å²) in [6, 6.07) is 2.07. The van der Waals surface area contributed by atoms with Gasteiger partial charge in [0.25, 0.3) is 0 Å². The minimum Gasteiger partial charge on any atom is -0.311 e. The van der Waals surface area contributed by atoms with Crippen molar-refractivity contribution < 1.29 is 4.79 Å². The Hall–Kier alpha value is -0.870. The first-order valence-electron chi connectivity index (χ1n) is 7.29. The van der Waals surface area contributed by atoms with Crippen molar-refractivity contribution in [1.82, 2.24) is 4.90 Å². The van der Waals surface area contributed by atoms with Crippen molar-refractivity contribution in [2.24, 2.45) is 11.3 Å². The fourth-order valence-electron chi connectivity index (χ4n) is 3.66. The van der Waals surface area contributed by atoms with Gasteiger partial charge in [0.15, 0.2) is 0 Å². The molecule has 102 valence electrons. The van der Waals surface area contributed by atoms with E-state index in [1.807, 2.05) is 4.90 Å². The molecule has 0 bridgehead atoms. The predicted molar refractivity (Wildman–Crippen MR) is 77.5 cm³/mol. The molecule has 1 saturated carbocycles. The van der Waals surface area contributed by atoms with E-state index in [9.17, 15) is 4.79 Å². The summed E-state index contributed by atoms with van der Waals surface area (Å²) in [6.45, 7) is 4.54. The van der Waals surface area contributed by atoms with Crippen molar-refractivity contribution in [3.63, 3.8) is 0 Å². The van der Waals surface area contributed by atoms with E-state index in [-0.39, 0.29) is 5.41 Å². The van der Waals surface area contributed by atoms with E-state index in [0.717, 1.165) is 31.1 Å². The molecule has 3 nitrogen and oxygen atoms in total. The van der Waals surface area contributed by atoms with E-state index in [1.165, 1.54) is 32.4 Å². The van der Waals surface area contributed by atoms with Crippen molar-refractivity contribution in [1.29, 1.82) is 0 Å². The van der Waals surface area contributed by atoms with Crippen LogP contribution in [0.1, 0.15) is 25.7 Å². The highest BCUT2D eigenvalue weighted by Gasteiger charge is 2.48. The van der Waals surface area contributed by atoms with Crippen LogP contribution in [0, 0.1) is 11.3 Å². The number of thiophene rings is 1. The quantitative estimate of drug-likeness (QED) is 0.847. The summed E-state index contributed by atoms with van der Waals surface area (Å²) in [6.07, 6.45) is 4.79. The molecule has 0 unspecified atom stereocenters. The van der Waals surface area contributed by atoms with Gasteiger partial charge in [-0.05, 0) is 43.2 Å². The number of hydrogen-bond donors (Lipinski definition) is 0. The third kappa shape index (κ3) is 2.21. The lowest BCUT2D eigenvalue weighted by Crippen LogP contribution is -2.31. The Balaban J connectivity index is 1.46. The van der Waals surface area contributed by atoms with Crippen LogP contribution in [0.25, 0.3) is 0 Å². The Morgan fingerprint density at radius 3 is 3.00 bits per heavy atom. The molecule has 1 amide bonds. The number of carbonyl (C=O) groups is 1. The lowest BCUT2D eigenvalue weighted by atomic mass is 9.86. The SMILES string of the molecule is O=C1C[C@]2(CCN(CC3CC3)C2)CN1c1ccsc1. The molecule has 4 rings (SSSR count). The number of amides is 1. The molecule has 1 aromatic heterocycles. The summed E-state index contributed by atoms with van der Waals surface area (Å²) in [5.74, 6) is 1.28. The van der Waals surface area contributed by atoms with Gasteiger partial charge in [-0.25, -0.2) is 0 Å². The van der Waals surface area contributed by atoms with Crippen molar-refractivity contribution in [2.45, 2.75) is 25.7 Å². The zero-order valence-electron chi connectivity index (χ0n) is 11.2. The highest BCUT2D eigenvalue weighted by Crippen LogP contribution is 2.43. The maximum Gasteiger partial charge on any atom is 0.227 e. The van der Waals surface area contributed by atoms with Gasteiger partial charge in [0, 0.05) is 36.9 Å². The lowest BCUT2D eigenvalue weighted by molar-refractivity contribution is -0.117. The van der Waals surface area contributed by atoms with Crippen LogP contribution in [0.2, 0.25) is 0 Å². The molecule has 0 aromatic carbocycles. The molecule has 4 heteroatoms. The van der Waals surface area contributed by atoms with E-state index in [1.54, 1.807) is 11.3 Å². The molecule has 3 aliphatic rings. The molecule has 1 aliphatic carbocycles. The van der Waals surface area contributed by atoms with Crippen LogP contribution in [-0.2, 0) is 4.79 Å². The molecular weight excluding hydrogens is 256 g/mol. The standard InChI is InChI=1S/C15H20N2OS/c18-14-7-15(11-17(14)13-3-6-19-9-13)4-5-16(10-15)8-12-1-2-12/h3,6,9,12H,1-2,4-5,7-8,10-11H2/t15-/m0/s1. The molecule has 0 radical (unpaired) electrons. The van der Waals surface area contributed by atoms with Crippen LogP contribution in [0.15, 0.2) is 16.8 Å². The van der Waals surface area contributed by atoms with Gasteiger partial charge in [0.05, 0.1) is 5.69 Å². The summed E-state index contributed by atoms with van der Waals surface area (Å²) in [4.78, 5) is 16.9. The summed E-state index contributed by atoms with van der Waals surface area (Å²) in [5.41, 5.74) is 1.35. The van der Waals surface area contributed by atoms with Crippen molar-refractivity contribution >= 4 is 22.9 Å². The van der Waals surface area contributed by atoms with Crippen molar-refractivity contribution in [3.8, 4) is 0 Å². The molecular formula is C15H20N2OS. The van der Waals surface area contributed by atoms with Crippen LogP contribution < -0.4 is 4.90 Å². The second kappa shape index (κ2) is 4.32. The summed E-state index contributed by atoms with van der Waals surface area (Å²) < 4.78 is 0. The molecule has 0 N–H and O–H groups in total. The average Bonchev–Trinajstić information content (AvgIpc) is 2.80. The first-order valence-corrected chi connectivity index (χ1v) is 8.23. The van der Waals surface area contributed by atoms with Gasteiger partial charge in [-0.1, -0.05) is 0 Å². The fourth-order valence-corrected chi connectivity index (χ4v) is 4.31. The molecule has 19 heavy (non-hydrogen) atoms. The van der Waals surface area contributed by atoms with E-state index in [0.29, 0.717) is 5.91 Å². The molecule has 3 heterocycles. The second-order valence-corrected chi connectivity index (χ2v) is 7.35. The number of rotatable bonds is 3. The summed E-state index contributed by atoms with van der Waals surface area (Å²) in [5, 5.41) is 4.15. The third-order valence-electron chi connectivity index (χ3n) is 4.87. The van der Waals surface area contributed by atoms with E-state index >= 15 is 0 Å². The lowest BCUT2D eigenvalue weighted by Gasteiger charge is -2.23. The molecule has 1 spiro atoms. The summed E-state index contributed by atoms with van der Waals surface area (Å²) >= 11 is 1.67. The minimum absolute atomic E-state index is 0.244. The Bertz CT molecular complexity index is 482. The van der Waals surface area contributed by atoms with Crippen LogP contribution in [0.5, 0.6) is 0 Å². The van der Waals surface area contributed by atoms with Crippen molar-refractivity contribution in [3.05, 3.63) is 16.8 Å². The first-order chi connectivity index (χ1) is 9.24. The number of nitrogens with zero attached hydrogens (tertiary/aromatic N) is 2. The smallest absolute Gasteiger partial charge is 0.227 e. The van der Waals surface area contributed by atoms with Crippen molar-refractivity contribution in [2.75, 3.05) is 31.1 Å². The van der Waals surface area contributed by atoms with Crippen LogP contribution in [0.3, 0.4) is 0 Å². The number of carbonyl (C=O) groups excluding carboxylic acids is 1. The number of hydrogen-bond acceptors (Lipinski definition) is 3. The normalized spacial score (nSPS) is 31.8. The Morgan fingerprint density at radius 1 is 1.37 bits per heavy atom. The van der Waals surface area contributed by atoms with Crippen LogP contribution >= 0.6 is 11.3 Å². The van der Waals surface area contributed by atoms with Crippen LogP contribution in [0.4, 0.5) is 5.69 Å². The molecule has 2 aliphatic heterocycles. The van der Waals surface area contributed by atoms with Gasteiger partial charge in [-0.15, -0.1) is 0 Å². The topological polar surface area (TPSA) is 23.6 Å². The molecule has 1 atom stereocenters.